The number of carbonyl (C=O) groups excluding carboxylic acids is 3. The van der Waals surface area contributed by atoms with Gasteiger partial charge in [0.25, 0.3) is 0 Å². The highest BCUT2D eigenvalue weighted by atomic mass is 19.4. The van der Waals surface area contributed by atoms with Crippen molar-refractivity contribution in [2.45, 2.75) is 95.0 Å². The van der Waals surface area contributed by atoms with E-state index in [1.807, 2.05) is 4.90 Å². The maximum absolute atomic E-state index is 13.7. The second-order valence-electron chi connectivity index (χ2n) is 12.3. The molecule has 1 aliphatic carbocycles. The molecule has 4 fully saturated rings. The number of halogens is 3. The first-order valence-corrected chi connectivity index (χ1v) is 13.6. The summed E-state index contributed by atoms with van der Waals surface area (Å²) in [6.07, 6.45) is -3.21. The van der Waals surface area contributed by atoms with Crippen LogP contribution in [0.5, 0.6) is 0 Å². The average molecular weight is 562 g/mol. The summed E-state index contributed by atoms with van der Waals surface area (Å²) in [5, 5.41) is 12.3. The summed E-state index contributed by atoms with van der Waals surface area (Å²) in [5.41, 5.74) is -0.915. The van der Waals surface area contributed by atoms with Crippen molar-refractivity contribution in [2.24, 2.45) is 5.92 Å². The van der Waals surface area contributed by atoms with Gasteiger partial charge in [-0.2, -0.15) is 18.4 Å². The molecule has 3 aliphatic heterocycles. The Labute approximate surface area is 231 Å². The minimum atomic E-state index is -4.44. The molecule has 40 heavy (non-hydrogen) atoms. The van der Waals surface area contributed by atoms with Crippen molar-refractivity contribution < 1.29 is 32.3 Å². The zero-order valence-corrected chi connectivity index (χ0v) is 22.9. The molecule has 3 heterocycles. The molecule has 0 aromatic heterocycles. The normalized spacial score (nSPS) is 29.1. The van der Waals surface area contributed by atoms with Crippen LogP contribution in [0.1, 0.15) is 64.1 Å². The van der Waals surface area contributed by atoms with Crippen molar-refractivity contribution in [1.82, 2.24) is 20.0 Å². The Balaban J connectivity index is 1.29. The number of fused-ring (bicyclic) bond motifs is 3. The van der Waals surface area contributed by atoms with Crippen molar-refractivity contribution in [2.75, 3.05) is 13.1 Å². The molecule has 1 saturated carbocycles. The van der Waals surface area contributed by atoms with Crippen LogP contribution in [-0.2, 0) is 20.5 Å². The third-order valence-corrected chi connectivity index (χ3v) is 8.37. The number of piperazine rings is 1. The first-order valence-electron chi connectivity index (χ1n) is 13.6. The van der Waals surface area contributed by atoms with Gasteiger partial charge in [-0.05, 0) is 70.6 Å². The summed E-state index contributed by atoms with van der Waals surface area (Å²) in [5.74, 6) is -0.210. The van der Waals surface area contributed by atoms with Gasteiger partial charge < -0.3 is 19.9 Å². The molecular formula is C28H34F3N5O4. The van der Waals surface area contributed by atoms with Gasteiger partial charge in [0.2, 0.25) is 11.8 Å². The van der Waals surface area contributed by atoms with E-state index in [1.54, 1.807) is 37.5 Å². The van der Waals surface area contributed by atoms with Gasteiger partial charge in [0, 0.05) is 25.2 Å². The largest absolute Gasteiger partial charge is 0.444 e. The van der Waals surface area contributed by atoms with Crippen LogP contribution in [0.15, 0.2) is 24.3 Å². The van der Waals surface area contributed by atoms with Crippen LogP contribution in [-0.4, -0.2) is 81.5 Å². The standard InChI is InChI=1S/C28H34F3N5O4/c1-15(16-5-7-18(8-6-16)28(29,30)31)35-20-11-23(25(35)38)34(13-20)14-21(33-26(39)40-27(2,3)4)24(37)36-19(12-32)9-17-10-22(17)36/h5-8,15,17,19-23H,9-11,13-14H2,1-4H3,(H,33,39)/t15-,17-,19+,20?,21+,22+,23+/m1/s1. The second-order valence-corrected chi connectivity index (χ2v) is 12.3. The first-order chi connectivity index (χ1) is 18.7. The lowest BCUT2D eigenvalue weighted by Crippen LogP contribution is -2.59. The van der Waals surface area contributed by atoms with Gasteiger partial charge >= 0.3 is 12.3 Å². The fourth-order valence-corrected chi connectivity index (χ4v) is 6.45. The van der Waals surface area contributed by atoms with Crippen molar-refractivity contribution >= 4 is 17.9 Å². The zero-order chi connectivity index (χ0) is 29.1. The molecule has 7 atom stereocenters. The Morgan fingerprint density at radius 2 is 1.82 bits per heavy atom. The number of hydrogen-bond acceptors (Lipinski definition) is 6. The highest BCUT2D eigenvalue weighted by molar-refractivity contribution is 5.89. The van der Waals surface area contributed by atoms with E-state index in [9.17, 15) is 32.8 Å². The van der Waals surface area contributed by atoms with Crippen LogP contribution in [0.4, 0.5) is 18.0 Å². The quantitative estimate of drug-likeness (QED) is 0.571. The van der Waals surface area contributed by atoms with Crippen molar-refractivity contribution in [3.63, 3.8) is 0 Å². The number of nitriles is 1. The number of carbonyl (C=O) groups is 3. The van der Waals surface area contributed by atoms with E-state index in [1.165, 1.54) is 12.1 Å². The smallest absolute Gasteiger partial charge is 0.416 e. The number of piperidine rings is 1. The molecule has 0 radical (unpaired) electrons. The van der Waals surface area contributed by atoms with Gasteiger partial charge in [0.05, 0.1) is 23.7 Å². The van der Waals surface area contributed by atoms with Gasteiger partial charge in [-0.1, -0.05) is 12.1 Å². The number of alkyl carbamates (subject to hydrolysis) is 1. The summed E-state index contributed by atoms with van der Waals surface area (Å²) in [4.78, 5) is 45.0. The Kier molecular flexibility index (Phi) is 7.01. The third kappa shape index (κ3) is 5.36. The molecule has 1 aromatic carbocycles. The number of alkyl halides is 3. The SMILES string of the molecule is C[C@H](c1ccc(C(F)(F)F)cc1)N1C(=O)[C@@H]2CC1CN2C[C@H](NC(=O)OC(C)(C)C)C(=O)N1[C@H](C#N)C[C@@H]2C[C@@H]21. The molecule has 5 rings (SSSR count). The Bertz CT molecular complexity index is 1220. The molecule has 0 spiro atoms. The lowest BCUT2D eigenvalue weighted by molar-refractivity contribution is -0.141. The lowest BCUT2D eigenvalue weighted by Gasteiger charge is -2.39. The molecule has 9 nitrogen and oxygen atoms in total. The molecule has 2 bridgehead atoms. The van der Waals surface area contributed by atoms with Crippen LogP contribution in [0.25, 0.3) is 0 Å². The molecule has 3 amide bonds. The monoisotopic (exact) mass is 561 g/mol. The number of benzene rings is 1. The highest BCUT2D eigenvalue weighted by Gasteiger charge is 2.56. The molecular weight excluding hydrogens is 527 g/mol. The number of hydrogen-bond donors (Lipinski definition) is 1. The summed E-state index contributed by atoms with van der Waals surface area (Å²) in [6.45, 7) is 7.48. The average Bonchev–Trinajstić information content (AvgIpc) is 3.18. The van der Waals surface area contributed by atoms with Crippen LogP contribution >= 0.6 is 0 Å². The summed E-state index contributed by atoms with van der Waals surface area (Å²) in [7, 11) is 0. The fourth-order valence-electron chi connectivity index (χ4n) is 6.45. The molecule has 1 N–H and O–H groups in total. The van der Waals surface area contributed by atoms with Gasteiger partial charge in [-0.25, -0.2) is 4.79 Å². The number of nitrogens with one attached hydrogen (secondary N) is 1. The maximum Gasteiger partial charge on any atom is 0.416 e. The van der Waals surface area contributed by atoms with Gasteiger partial charge in [0.1, 0.15) is 17.7 Å². The number of likely N-dealkylation sites (tertiary alicyclic amines) is 3. The Morgan fingerprint density at radius 1 is 1.15 bits per heavy atom. The van der Waals surface area contributed by atoms with Crippen molar-refractivity contribution in [3.8, 4) is 6.07 Å². The number of ether oxygens (including phenoxy) is 1. The van der Waals surface area contributed by atoms with E-state index < -0.39 is 47.6 Å². The van der Waals surface area contributed by atoms with E-state index >= 15 is 0 Å². The summed E-state index contributed by atoms with van der Waals surface area (Å²) >= 11 is 0. The molecule has 4 aliphatic rings. The van der Waals surface area contributed by atoms with E-state index in [2.05, 4.69) is 11.4 Å². The van der Waals surface area contributed by atoms with Gasteiger partial charge in [-0.15, -0.1) is 0 Å². The van der Waals surface area contributed by atoms with E-state index in [0.717, 1.165) is 18.6 Å². The lowest BCUT2D eigenvalue weighted by atomic mass is 10.0. The van der Waals surface area contributed by atoms with Crippen LogP contribution in [0, 0.1) is 17.2 Å². The predicted molar refractivity (Wildman–Crippen MR) is 136 cm³/mol. The minimum Gasteiger partial charge on any atom is -0.444 e. The molecule has 1 aromatic rings. The number of nitrogens with zero attached hydrogens (tertiary/aromatic N) is 4. The van der Waals surface area contributed by atoms with Crippen LogP contribution < -0.4 is 5.32 Å². The van der Waals surface area contributed by atoms with Crippen LogP contribution in [0.3, 0.4) is 0 Å². The summed E-state index contributed by atoms with van der Waals surface area (Å²) < 4.78 is 44.4. The van der Waals surface area contributed by atoms with Crippen molar-refractivity contribution in [3.05, 3.63) is 35.4 Å². The molecule has 3 saturated heterocycles. The topological polar surface area (TPSA) is 106 Å². The van der Waals surface area contributed by atoms with E-state index in [0.29, 0.717) is 30.9 Å². The van der Waals surface area contributed by atoms with Crippen molar-refractivity contribution in [1.29, 1.82) is 5.26 Å². The second kappa shape index (κ2) is 9.94. The highest BCUT2D eigenvalue weighted by Crippen LogP contribution is 2.48. The molecule has 216 valence electrons. The Morgan fingerprint density at radius 3 is 2.40 bits per heavy atom. The summed E-state index contributed by atoms with van der Waals surface area (Å²) in [6, 6.07) is 4.37. The fraction of sp³-hybridized carbons (Fsp3) is 0.643. The molecule has 12 heteroatoms. The van der Waals surface area contributed by atoms with Crippen LogP contribution in [0.2, 0.25) is 0 Å². The molecule has 1 unspecified atom stereocenters. The van der Waals surface area contributed by atoms with E-state index in [4.69, 9.17) is 4.74 Å². The number of amides is 3. The maximum atomic E-state index is 13.7. The Hall–Kier alpha value is -3.33. The third-order valence-electron chi connectivity index (χ3n) is 8.37. The number of rotatable bonds is 6. The predicted octanol–water partition coefficient (Wildman–Crippen LogP) is 3.46. The van der Waals surface area contributed by atoms with E-state index in [-0.39, 0.29) is 30.4 Å². The van der Waals surface area contributed by atoms with Gasteiger partial charge in [-0.3, -0.25) is 14.5 Å². The first kappa shape index (κ1) is 28.2. The minimum absolute atomic E-state index is 0.00294. The van der Waals surface area contributed by atoms with Gasteiger partial charge in [0.15, 0.2) is 0 Å². The zero-order valence-electron chi connectivity index (χ0n) is 22.9.